The lowest BCUT2D eigenvalue weighted by atomic mass is 10.0. The number of aliphatic hydroxyl groups excluding tert-OH is 1. The smallest absolute Gasteiger partial charge is 0.226 e. The minimum Gasteiger partial charge on any atom is -0.393 e. The van der Waals surface area contributed by atoms with E-state index in [4.69, 9.17) is 4.52 Å². The van der Waals surface area contributed by atoms with Crippen LogP contribution in [0.4, 0.5) is 0 Å². The zero-order chi connectivity index (χ0) is 13.1. The van der Waals surface area contributed by atoms with Crippen LogP contribution in [0.1, 0.15) is 38.9 Å². The Morgan fingerprint density at radius 2 is 2.22 bits per heavy atom. The van der Waals surface area contributed by atoms with Gasteiger partial charge in [0.1, 0.15) is 0 Å². The van der Waals surface area contributed by atoms with Crippen molar-refractivity contribution >= 4 is 0 Å². The van der Waals surface area contributed by atoms with E-state index in [-0.39, 0.29) is 6.10 Å². The van der Waals surface area contributed by atoms with Crippen LogP contribution in [0, 0.1) is 11.8 Å². The largest absolute Gasteiger partial charge is 0.393 e. The summed E-state index contributed by atoms with van der Waals surface area (Å²) in [6.07, 6.45) is 1.66. The van der Waals surface area contributed by atoms with E-state index >= 15 is 0 Å². The molecular formula is C13H23N3O2. The van der Waals surface area contributed by atoms with Crippen molar-refractivity contribution in [2.75, 3.05) is 13.1 Å². The molecule has 2 atom stereocenters. The number of aromatic nitrogens is 2. The first kappa shape index (κ1) is 13.5. The van der Waals surface area contributed by atoms with E-state index in [0.29, 0.717) is 11.8 Å². The van der Waals surface area contributed by atoms with E-state index in [1.807, 2.05) is 6.92 Å². The highest BCUT2D eigenvalue weighted by Crippen LogP contribution is 2.20. The number of aliphatic hydroxyl groups is 1. The van der Waals surface area contributed by atoms with Gasteiger partial charge >= 0.3 is 0 Å². The van der Waals surface area contributed by atoms with E-state index in [1.54, 1.807) is 0 Å². The van der Waals surface area contributed by atoms with Gasteiger partial charge in [-0.25, -0.2) is 0 Å². The van der Waals surface area contributed by atoms with Crippen molar-refractivity contribution in [2.45, 2.75) is 46.3 Å². The molecule has 5 heteroatoms. The standard InChI is InChI=1S/C13H23N3O2/c1-9(2)6-13-14-12(15-18-13)8-16-5-4-11(7-16)10(3)17/h9-11,17H,4-8H2,1-3H3. The number of rotatable bonds is 5. The Bertz CT molecular complexity index is 376. The molecule has 1 N–H and O–H groups in total. The molecule has 0 amide bonds. The first-order valence-electron chi connectivity index (χ1n) is 6.76. The third-order valence-corrected chi connectivity index (χ3v) is 3.45. The minimum absolute atomic E-state index is 0.225. The zero-order valence-corrected chi connectivity index (χ0v) is 11.5. The van der Waals surface area contributed by atoms with Gasteiger partial charge in [-0.05, 0) is 31.7 Å². The molecule has 1 aliphatic rings. The summed E-state index contributed by atoms with van der Waals surface area (Å²) < 4.78 is 5.22. The zero-order valence-electron chi connectivity index (χ0n) is 11.5. The predicted molar refractivity (Wildman–Crippen MR) is 67.9 cm³/mol. The molecule has 0 radical (unpaired) electrons. The molecule has 1 aromatic rings. The van der Waals surface area contributed by atoms with Gasteiger partial charge < -0.3 is 9.63 Å². The van der Waals surface area contributed by atoms with Crippen LogP contribution in [0.15, 0.2) is 4.52 Å². The summed E-state index contributed by atoms with van der Waals surface area (Å²) in [5.74, 6) is 2.40. The van der Waals surface area contributed by atoms with Crippen LogP contribution in [-0.4, -0.2) is 39.3 Å². The van der Waals surface area contributed by atoms with Gasteiger partial charge in [-0.3, -0.25) is 4.90 Å². The second kappa shape index (κ2) is 5.80. The number of hydrogen-bond acceptors (Lipinski definition) is 5. The highest BCUT2D eigenvalue weighted by molar-refractivity contribution is 4.89. The van der Waals surface area contributed by atoms with Crippen molar-refractivity contribution in [1.82, 2.24) is 15.0 Å². The van der Waals surface area contributed by atoms with Gasteiger partial charge in [0, 0.05) is 13.0 Å². The Morgan fingerprint density at radius 3 is 2.83 bits per heavy atom. The molecule has 1 fully saturated rings. The van der Waals surface area contributed by atoms with Gasteiger partial charge in [0.25, 0.3) is 0 Å². The summed E-state index contributed by atoms with van der Waals surface area (Å²) in [5.41, 5.74) is 0. The maximum atomic E-state index is 9.56. The van der Waals surface area contributed by atoms with Crippen molar-refractivity contribution in [3.8, 4) is 0 Å². The fourth-order valence-corrected chi connectivity index (χ4v) is 2.39. The molecule has 102 valence electrons. The highest BCUT2D eigenvalue weighted by Gasteiger charge is 2.26. The Kier molecular flexibility index (Phi) is 4.35. The van der Waals surface area contributed by atoms with E-state index in [2.05, 4.69) is 28.9 Å². The average Bonchev–Trinajstić information content (AvgIpc) is 2.88. The van der Waals surface area contributed by atoms with Gasteiger partial charge in [0.15, 0.2) is 5.82 Å². The van der Waals surface area contributed by atoms with Gasteiger partial charge in [-0.15, -0.1) is 0 Å². The monoisotopic (exact) mass is 253 g/mol. The second-order valence-corrected chi connectivity index (χ2v) is 5.73. The average molecular weight is 253 g/mol. The maximum absolute atomic E-state index is 9.56. The van der Waals surface area contributed by atoms with Crippen LogP contribution in [-0.2, 0) is 13.0 Å². The maximum Gasteiger partial charge on any atom is 0.226 e. The fourth-order valence-electron chi connectivity index (χ4n) is 2.39. The third kappa shape index (κ3) is 3.53. The topological polar surface area (TPSA) is 62.4 Å². The molecule has 2 heterocycles. The first-order chi connectivity index (χ1) is 8.54. The molecule has 1 aliphatic heterocycles. The van der Waals surface area contributed by atoms with Crippen molar-refractivity contribution in [2.24, 2.45) is 11.8 Å². The van der Waals surface area contributed by atoms with Crippen LogP contribution in [0.5, 0.6) is 0 Å². The van der Waals surface area contributed by atoms with Crippen molar-refractivity contribution in [3.63, 3.8) is 0 Å². The highest BCUT2D eigenvalue weighted by atomic mass is 16.5. The predicted octanol–water partition coefficient (Wildman–Crippen LogP) is 1.47. The van der Waals surface area contributed by atoms with Crippen molar-refractivity contribution in [1.29, 1.82) is 0 Å². The van der Waals surface area contributed by atoms with E-state index in [9.17, 15) is 5.11 Å². The van der Waals surface area contributed by atoms with Crippen LogP contribution in [0.25, 0.3) is 0 Å². The van der Waals surface area contributed by atoms with Crippen LogP contribution in [0.2, 0.25) is 0 Å². The Labute approximate surface area is 108 Å². The van der Waals surface area contributed by atoms with Gasteiger partial charge in [0.05, 0.1) is 12.6 Å². The number of nitrogens with zero attached hydrogens (tertiary/aromatic N) is 3. The Balaban J connectivity index is 1.85. The second-order valence-electron chi connectivity index (χ2n) is 5.73. The Morgan fingerprint density at radius 1 is 1.44 bits per heavy atom. The van der Waals surface area contributed by atoms with E-state index < -0.39 is 0 Å². The third-order valence-electron chi connectivity index (χ3n) is 3.45. The first-order valence-corrected chi connectivity index (χ1v) is 6.76. The van der Waals surface area contributed by atoms with Gasteiger partial charge in [-0.1, -0.05) is 19.0 Å². The molecule has 0 bridgehead atoms. The van der Waals surface area contributed by atoms with Gasteiger partial charge in [0.2, 0.25) is 5.89 Å². The Hall–Kier alpha value is -0.940. The molecule has 0 aromatic carbocycles. The number of hydrogen-bond donors (Lipinski definition) is 1. The van der Waals surface area contributed by atoms with Crippen molar-refractivity contribution in [3.05, 3.63) is 11.7 Å². The van der Waals surface area contributed by atoms with Crippen LogP contribution >= 0.6 is 0 Å². The summed E-state index contributed by atoms with van der Waals surface area (Å²) in [6, 6.07) is 0. The lowest BCUT2D eigenvalue weighted by molar-refractivity contribution is 0.127. The molecule has 2 rings (SSSR count). The normalized spacial score (nSPS) is 22.8. The molecule has 0 aliphatic carbocycles. The summed E-state index contributed by atoms with van der Waals surface area (Å²) >= 11 is 0. The van der Waals surface area contributed by atoms with Crippen LogP contribution < -0.4 is 0 Å². The summed E-state index contributed by atoms with van der Waals surface area (Å²) in [4.78, 5) is 6.68. The SMILES string of the molecule is CC(C)Cc1nc(CN2CCC(C(C)O)C2)no1. The molecule has 18 heavy (non-hydrogen) atoms. The molecular weight excluding hydrogens is 230 g/mol. The molecule has 0 spiro atoms. The molecule has 0 saturated carbocycles. The van der Waals surface area contributed by atoms with Gasteiger partial charge in [-0.2, -0.15) is 4.98 Å². The summed E-state index contributed by atoms with van der Waals surface area (Å²) in [6.45, 7) is 8.79. The molecule has 1 aromatic heterocycles. The quantitative estimate of drug-likeness (QED) is 0.861. The summed E-state index contributed by atoms with van der Waals surface area (Å²) in [7, 11) is 0. The lowest BCUT2D eigenvalue weighted by Crippen LogP contribution is -2.24. The van der Waals surface area contributed by atoms with Crippen LogP contribution in [0.3, 0.4) is 0 Å². The van der Waals surface area contributed by atoms with E-state index in [0.717, 1.165) is 44.2 Å². The lowest BCUT2D eigenvalue weighted by Gasteiger charge is -2.15. The number of likely N-dealkylation sites (tertiary alicyclic amines) is 1. The van der Waals surface area contributed by atoms with E-state index in [1.165, 1.54) is 0 Å². The molecule has 1 saturated heterocycles. The fraction of sp³-hybridized carbons (Fsp3) is 0.846. The molecule has 2 unspecified atom stereocenters. The minimum atomic E-state index is -0.225. The summed E-state index contributed by atoms with van der Waals surface area (Å²) in [5, 5.41) is 13.6. The van der Waals surface area contributed by atoms with Crippen molar-refractivity contribution < 1.29 is 9.63 Å². The molecule has 5 nitrogen and oxygen atoms in total.